The van der Waals surface area contributed by atoms with Gasteiger partial charge in [-0.15, -0.1) is 0 Å². The van der Waals surface area contributed by atoms with Gasteiger partial charge in [-0.25, -0.2) is 9.78 Å². The second-order valence-corrected chi connectivity index (χ2v) is 6.16. The summed E-state index contributed by atoms with van der Waals surface area (Å²) in [5.41, 5.74) is -0.615. The highest BCUT2D eigenvalue weighted by Crippen LogP contribution is 2.07. The number of nitrogens with zero attached hydrogens (tertiary/aromatic N) is 4. The van der Waals surface area contributed by atoms with Crippen LogP contribution in [0.4, 0.5) is 0 Å². The van der Waals surface area contributed by atoms with Gasteiger partial charge in [-0.05, 0) is 19.3 Å². The molecular formula is C15H20N6O4. The Labute approximate surface area is 142 Å². The summed E-state index contributed by atoms with van der Waals surface area (Å²) >= 11 is 0. The van der Waals surface area contributed by atoms with Crippen LogP contribution < -0.4 is 21.9 Å². The quantitative estimate of drug-likeness (QED) is 0.679. The Hall–Kier alpha value is -2.91. The molecule has 25 heavy (non-hydrogen) atoms. The summed E-state index contributed by atoms with van der Waals surface area (Å²) in [7, 11) is 2.88. The summed E-state index contributed by atoms with van der Waals surface area (Å²) in [4.78, 5) is 52.5. The molecule has 0 aliphatic carbocycles. The van der Waals surface area contributed by atoms with Crippen LogP contribution >= 0.6 is 0 Å². The van der Waals surface area contributed by atoms with Crippen molar-refractivity contribution in [1.82, 2.24) is 29.3 Å². The number of fused-ring (bicyclic) bond motifs is 1. The van der Waals surface area contributed by atoms with Gasteiger partial charge in [0.15, 0.2) is 11.2 Å². The van der Waals surface area contributed by atoms with Gasteiger partial charge < -0.3 is 15.2 Å². The Morgan fingerprint density at radius 3 is 2.80 bits per heavy atom. The summed E-state index contributed by atoms with van der Waals surface area (Å²) in [6.45, 7) is 0.454. The minimum atomic E-state index is -0.572. The van der Waals surface area contributed by atoms with E-state index in [1.165, 1.54) is 29.6 Å². The van der Waals surface area contributed by atoms with Crippen LogP contribution in [0, 0.1) is 0 Å². The van der Waals surface area contributed by atoms with Crippen LogP contribution in [0.3, 0.4) is 0 Å². The predicted molar refractivity (Wildman–Crippen MR) is 89.0 cm³/mol. The van der Waals surface area contributed by atoms with Crippen LogP contribution in [0.15, 0.2) is 15.9 Å². The molecule has 3 heterocycles. The number of amides is 2. The smallest absolute Gasteiger partial charge is 0.332 e. The fraction of sp³-hybridized carbons (Fsp3) is 0.533. The number of carbonyl (C=O) groups is 2. The third kappa shape index (κ3) is 3.06. The second kappa shape index (κ2) is 6.54. The number of imidazole rings is 1. The van der Waals surface area contributed by atoms with Gasteiger partial charge in [0, 0.05) is 20.6 Å². The van der Waals surface area contributed by atoms with Gasteiger partial charge >= 0.3 is 5.69 Å². The normalized spacial score (nSPS) is 18.0. The number of nitrogens with one attached hydrogen (secondary N) is 2. The van der Waals surface area contributed by atoms with Gasteiger partial charge in [0.1, 0.15) is 12.6 Å². The fourth-order valence-electron chi connectivity index (χ4n) is 2.99. The van der Waals surface area contributed by atoms with Crippen LogP contribution in [0.2, 0.25) is 0 Å². The van der Waals surface area contributed by atoms with Gasteiger partial charge in [-0.1, -0.05) is 0 Å². The highest BCUT2D eigenvalue weighted by atomic mass is 16.2. The zero-order chi connectivity index (χ0) is 18.1. The van der Waals surface area contributed by atoms with Crippen LogP contribution in [0.5, 0.6) is 0 Å². The molecule has 0 radical (unpaired) electrons. The first kappa shape index (κ1) is 16.9. The molecule has 1 saturated heterocycles. The van der Waals surface area contributed by atoms with E-state index in [0.29, 0.717) is 13.0 Å². The Kier molecular flexibility index (Phi) is 4.43. The van der Waals surface area contributed by atoms with Crippen molar-refractivity contribution in [1.29, 1.82) is 0 Å². The van der Waals surface area contributed by atoms with E-state index in [1.54, 1.807) is 0 Å². The first-order chi connectivity index (χ1) is 11.9. The number of hydrogen-bond acceptors (Lipinski definition) is 5. The Balaban J connectivity index is 1.86. The van der Waals surface area contributed by atoms with Gasteiger partial charge in [0.05, 0.1) is 6.33 Å². The molecule has 0 bridgehead atoms. The summed E-state index contributed by atoms with van der Waals surface area (Å²) in [5.74, 6) is -0.586. The van der Waals surface area contributed by atoms with E-state index >= 15 is 0 Å². The molecular weight excluding hydrogens is 328 g/mol. The van der Waals surface area contributed by atoms with Crippen LogP contribution in [0.1, 0.15) is 19.3 Å². The van der Waals surface area contributed by atoms with E-state index < -0.39 is 23.2 Å². The number of aryl methyl sites for hydroxylation is 1. The third-order valence-corrected chi connectivity index (χ3v) is 4.40. The predicted octanol–water partition coefficient (Wildman–Crippen LogP) is -1.78. The number of aromatic nitrogens is 4. The summed E-state index contributed by atoms with van der Waals surface area (Å²) in [5, 5.41) is 5.45. The van der Waals surface area contributed by atoms with Gasteiger partial charge in [0.25, 0.3) is 5.56 Å². The lowest BCUT2D eigenvalue weighted by Gasteiger charge is -2.15. The lowest BCUT2D eigenvalue weighted by molar-refractivity contribution is -0.129. The maximum atomic E-state index is 12.3. The third-order valence-electron chi connectivity index (χ3n) is 4.40. The average molecular weight is 348 g/mol. The number of carbonyl (C=O) groups excluding carboxylic acids is 2. The van der Waals surface area contributed by atoms with Crippen molar-refractivity contribution >= 4 is 23.0 Å². The lowest BCUT2D eigenvalue weighted by atomic mass is 10.1. The molecule has 1 aliphatic heterocycles. The Morgan fingerprint density at radius 1 is 1.28 bits per heavy atom. The number of rotatable bonds is 3. The average Bonchev–Trinajstić information content (AvgIpc) is 2.89. The molecule has 2 amide bonds. The van der Waals surface area contributed by atoms with E-state index in [0.717, 1.165) is 17.4 Å². The van der Waals surface area contributed by atoms with Crippen molar-refractivity contribution in [3.63, 3.8) is 0 Å². The fourth-order valence-corrected chi connectivity index (χ4v) is 2.99. The van der Waals surface area contributed by atoms with Crippen molar-refractivity contribution in [2.24, 2.45) is 14.1 Å². The maximum Gasteiger partial charge on any atom is 0.332 e. The van der Waals surface area contributed by atoms with Crippen molar-refractivity contribution in [3.8, 4) is 0 Å². The summed E-state index contributed by atoms with van der Waals surface area (Å²) in [6, 6.07) is -0.572. The molecule has 1 atom stereocenters. The monoisotopic (exact) mass is 348 g/mol. The topological polar surface area (TPSA) is 120 Å². The standard InChI is InChI=1S/C15H20N6O4/c1-19-12-11(14(24)20(2)15(19)25)21(8-17-12)7-10(22)18-9-5-3-4-6-16-13(9)23/h8-9H,3-7H2,1-2H3,(H,16,23)(H,18,22)/t9-/m0/s1. The van der Waals surface area contributed by atoms with Gasteiger partial charge in [0.2, 0.25) is 11.8 Å². The zero-order valence-corrected chi connectivity index (χ0v) is 14.1. The highest BCUT2D eigenvalue weighted by molar-refractivity contribution is 5.88. The van der Waals surface area contributed by atoms with Crippen LogP contribution in [-0.4, -0.2) is 43.1 Å². The molecule has 0 unspecified atom stereocenters. The van der Waals surface area contributed by atoms with Crippen molar-refractivity contribution in [2.75, 3.05) is 6.54 Å². The van der Waals surface area contributed by atoms with E-state index in [9.17, 15) is 19.2 Å². The molecule has 134 valence electrons. The molecule has 2 aromatic rings. The van der Waals surface area contributed by atoms with Gasteiger partial charge in [-0.2, -0.15) is 0 Å². The Bertz CT molecular complexity index is 953. The minimum Gasteiger partial charge on any atom is -0.354 e. The Morgan fingerprint density at radius 2 is 2.04 bits per heavy atom. The van der Waals surface area contributed by atoms with Crippen molar-refractivity contribution < 1.29 is 9.59 Å². The minimum absolute atomic E-state index is 0.159. The SMILES string of the molecule is Cn1c(=O)c2c(ncn2CC(=O)N[C@H]2CCCCNC2=O)n(C)c1=O. The van der Waals surface area contributed by atoms with E-state index in [2.05, 4.69) is 15.6 Å². The largest absolute Gasteiger partial charge is 0.354 e. The van der Waals surface area contributed by atoms with Crippen LogP contribution in [0.25, 0.3) is 11.2 Å². The van der Waals surface area contributed by atoms with Crippen molar-refractivity contribution in [2.45, 2.75) is 31.8 Å². The molecule has 1 fully saturated rings. The molecule has 0 aromatic carbocycles. The van der Waals surface area contributed by atoms with E-state index in [4.69, 9.17) is 0 Å². The molecule has 2 N–H and O–H groups in total. The molecule has 1 aliphatic rings. The molecule has 3 rings (SSSR count). The van der Waals surface area contributed by atoms with E-state index in [-0.39, 0.29) is 23.6 Å². The van der Waals surface area contributed by atoms with E-state index in [1.807, 2.05) is 0 Å². The molecule has 0 saturated carbocycles. The van der Waals surface area contributed by atoms with Crippen LogP contribution in [-0.2, 0) is 30.2 Å². The highest BCUT2D eigenvalue weighted by Gasteiger charge is 2.23. The summed E-state index contributed by atoms with van der Waals surface area (Å²) in [6.07, 6.45) is 3.66. The molecule has 0 spiro atoms. The number of hydrogen-bond donors (Lipinski definition) is 2. The zero-order valence-electron chi connectivity index (χ0n) is 14.1. The molecule has 2 aromatic heterocycles. The summed E-state index contributed by atoms with van der Waals surface area (Å²) < 4.78 is 3.61. The lowest BCUT2D eigenvalue weighted by Crippen LogP contribution is -2.46. The second-order valence-electron chi connectivity index (χ2n) is 6.16. The molecule has 10 nitrogen and oxygen atoms in total. The molecule has 10 heteroatoms. The first-order valence-corrected chi connectivity index (χ1v) is 8.08. The first-order valence-electron chi connectivity index (χ1n) is 8.08. The van der Waals surface area contributed by atoms with Gasteiger partial charge in [-0.3, -0.25) is 23.5 Å². The van der Waals surface area contributed by atoms with Crippen molar-refractivity contribution in [3.05, 3.63) is 27.2 Å². The maximum absolute atomic E-state index is 12.3.